The molecule has 0 aliphatic carbocycles. The van der Waals surface area contributed by atoms with Gasteiger partial charge >= 0.3 is 19.7 Å². The molecule has 0 aromatic carbocycles. The van der Waals surface area contributed by atoms with Gasteiger partial charge in [-0.15, -0.1) is 0 Å². The van der Waals surface area contributed by atoms with Crippen LogP contribution in [0.3, 0.4) is 0 Å². The summed E-state index contributed by atoms with van der Waals surface area (Å²) < 4.78 is 103. The van der Waals surface area contributed by atoms with Crippen molar-refractivity contribution < 1.29 is 44.8 Å². The number of phosphoric ester groups is 1. The van der Waals surface area contributed by atoms with E-state index in [1.165, 1.54) is 0 Å². The van der Waals surface area contributed by atoms with E-state index in [0.29, 0.717) is 0 Å². The molecule has 4 nitrogen and oxygen atoms in total. The van der Waals surface area contributed by atoms with Crippen molar-refractivity contribution in [3.05, 3.63) is 0 Å². The summed E-state index contributed by atoms with van der Waals surface area (Å²) in [6, 6.07) is 0. The van der Waals surface area contributed by atoms with Gasteiger partial charge in [0.05, 0.1) is 6.61 Å². The molecule has 1 heterocycles. The highest BCUT2D eigenvalue weighted by atomic mass is 31.2. The summed E-state index contributed by atoms with van der Waals surface area (Å²) in [6.07, 6.45) is -4.78. The third kappa shape index (κ3) is 3.44. The zero-order chi connectivity index (χ0) is 17.4. The predicted octanol–water partition coefficient (Wildman–Crippen LogP) is 4.23. The molecule has 3 unspecified atom stereocenters. The first-order valence-corrected chi connectivity index (χ1v) is 8.04. The largest absolute Gasteiger partial charge is 0.475 e. The van der Waals surface area contributed by atoms with Crippen molar-refractivity contribution in [2.75, 3.05) is 6.61 Å². The van der Waals surface area contributed by atoms with Crippen LogP contribution in [0.25, 0.3) is 0 Å². The van der Waals surface area contributed by atoms with Crippen molar-refractivity contribution >= 4 is 7.82 Å². The number of alkyl halides is 6. The van der Waals surface area contributed by atoms with Crippen molar-refractivity contribution in [1.29, 1.82) is 0 Å². The molecule has 0 aromatic heterocycles. The Morgan fingerprint density at radius 1 is 1.18 bits per heavy atom. The van der Waals surface area contributed by atoms with E-state index in [0.717, 1.165) is 13.8 Å². The second kappa shape index (κ2) is 6.30. The van der Waals surface area contributed by atoms with Crippen LogP contribution in [-0.4, -0.2) is 35.4 Å². The molecule has 22 heavy (non-hydrogen) atoms. The van der Waals surface area contributed by atoms with Crippen LogP contribution in [0.1, 0.15) is 33.1 Å². The summed E-state index contributed by atoms with van der Waals surface area (Å²) in [7, 11) is -5.37. The van der Waals surface area contributed by atoms with E-state index in [-0.39, 0.29) is 12.8 Å². The van der Waals surface area contributed by atoms with E-state index in [4.69, 9.17) is 0 Å². The fourth-order valence-corrected chi connectivity index (χ4v) is 3.00. The lowest BCUT2D eigenvalue weighted by molar-refractivity contribution is -0.353. The van der Waals surface area contributed by atoms with Crippen LogP contribution in [0.2, 0.25) is 0 Å². The van der Waals surface area contributed by atoms with Gasteiger partial charge in [-0.1, -0.05) is 13.8 Å². The molecule has 0 radical (unpaired) electrons. The third-order valence-electron chi connectivity index (χ3n) is 3.34. The van der Waals surface area contributed by atoms with Gasteiger partial charge in [-0.25, -0.2) is 17.9 Å². The number of rotatable bonds is 1. The molecular formula is C11H17F6O4P. The lowest BCUT2D eigenvalue weighted by Crippen LogP contribution is -2.62. The number of hydrogen-bond acceptors (Lipinski definition) is 3. The maximum Gasteiger partial charge on any atom is 0.475 e. The molecule has 0 amide bonds. The molecule has 3 atom stereocenters. The summed E-state index contributed by atoms with van der Waals surface area (Å²) in [6.45, 7) is 0.916. The van der Waals surface area contributed by atoms with Gasteiger partial charge < -0.3 is 4.89 Å². The topological polar surface area (TPSA) is 55.8 Å². The van der Waals surface area contributed by atoms with E-state index in [9.17, 15) is 35.8 Å². The van der Waals surface area contributed by atoms with Crippen LogP contribution < -0.4 is 0 Å². The third-order valence-corrected chi connectivity index (χ3v) is 4.34. The van der Waals surface area contributed by atoms with Gasteiger partial charge in [0.25, 0.3) is 5.85 Å². The van der Waals surface area contributed by atoms with Gasteiger partial charge in [0.1, 0.15) is 0 Å². The van der Waals surface area contributed by atoms with Crippen molar-refractivity contribution in [1.82, 2.24) is 0 Å². The van der Waals surface area contributed by atoms with Crippen LogP contribution >= 0.6 is 7.82 Å². The Labute approximate surface area is 123 Å². The fourth-order valence-electron chi connectivity index (χ4n) is 1.93. The summed E-state index contributed by atoms with van der Waals surface area (Å²) in [5.41, 5.74) is 0. The molecule has 0 spiro atoms. The molecule has 1 aliphatic heterocycles. The normalized spacial score (nSPS) is 40.2. The minimum Gasteiger partial charge on any atom is -0.302 e. The molecule has 1 rings (SSSR count). The van der Waals surface area contributed by atoms with Crippen LogP contribution in [0.15, 0.2) is 0 Å². The summed E-state index contributed by atoms with van der Waals surface area (Å²) in [4.78, 5) is 9.24. The molecule has 1 aliphatic rings. The van der Waals surface area contributed by atoms with E-state index < -0.39 is 50.6 Å². The second-order valence-corrected chi connectivity index (χ2v) is 6.73. The summed E-state index contributed by atoms with van der Waals surface area (Å²) >= 11 is 0. The first-order valence-electron chi connectivity index (χ1n) is 6.54. The summed E-state index contributed by atoms with van der Waals surface area (Å²) in [5, 5.41) is 0. The SMILES string of the molecule is CC(C)C1(F)OP(=O)(O)OCCCCC(F)C(F)(F)C1(F)F. The maximum atomic E-state index is 14.5. The van der Waals surface area contributed by atoms with Crippen LogP contribution in [0.5, 0.6) is 0 Å². The van der Waals surface area contributed by atoms with E-state index in [1.54, 1.807) is 0 Å². The Kier molecular flexibility index (Phi) is 5.65. The zero-order valence-corrected chi connectivity index (χ0v) is 12.8. The van der Waals surface area contributed by atoms with Gasteiger partial charge in [-0.2, -0.15) is 17.6 Å². The van der Waals surface area contributed by atoms with E-state index >= 15 is 0 Å². The molecule has 1 N–H and O–H groups in total. The Hall–Kier alpha value is -0.310. The number of halogens is 6. The lowest BCUT2D eigenvalue weighted by Gasteiger charge is -2.40. The molecule has 0 saturated carbocycles. The van der Waals surface area contributed by atoms with Crippen LogP contribution in [0, 0.1) is 5.92 Å². The predicted molar refractivity (Wildman–Crippen MR) is 64.2 cm³/mol. The minimum absolute atomic E-state index is 0.156. The van der Waals surface area contributed by atoms with Crippen LogP contribution in [-0.2, 0) is 13.6 Å². The Balaban J connectivity index is 3.40. The lowest BCUT2D eigenvalue weighted by atomic mass is 9.90. The van der Waals surface area contributed by atoms with Crippen molar-refractivity contribution in [2.45, 2.75) is 57.0 Å². The quantitative estimate of drug-likeness (QED) is 0.563. The molecule has 132 valence electrons. The average Bonchev–Trinajstić information content (AvgIpc) is 2.36. The molecule has 11 heteroatoms. The van der Waals surface area contributed by atoms with Crippen molar-refractivity contribution in [3.63, 3.8) is 0 Å². The van der Waals surface area contributed by atoms with Crippen LogP contribution in [0.4, 0.5) is 26.3 Å². The molecule has 1 saturated heterocycles. The molecule has 1 fully saturated rings. The van der Waals surface area contributed by atoms with Crippen molar-refractivity contribution in [2.24, 2.45) is 5.92 Å². The first kappa shape index (κ1) is 19.7. The Morgan fingerprint density at radius 3 is 2.23 bits per heavy atom. The number of phosphoric acid groups is 1. The van der Waals surface area contributed by atoms with Gasteiger partial charge in [0, 0.05) is 5.92 Å². The monoisotopic (exact) mass is 358 g/mol. The highest BCUT2D eigenvalue weighted by Gasteiger charge is 2.76. The highest BCUT2D eigenvalue weighted by molar-refractivity contribution is 7.47. The fraction of sp³-hybridized carbons (Fsp3) is 1.00. The Morgan fingerprint density at radius 2 is 1.73 bits per heavy atom. The maximum absolute atomic E-state index is 14.5. The van der Waals surface area contributed by atoms with E-state index in [2.05, 4.69) is 9.05 Å². The smallest absolute Gasteiger partial charge is 0.302 e. The number of hydrogen-bond donors (Lipinski definition) is 1. The van der Waals surface area contributed by atoms with Gasteiger partial charge in [-0.05, 0) is 19.3 Å². The van der Waals surface area contributed by atoms with Crippen molar-refractivity contribution in [3.8, 4) is 0 Å². The van der Waals surface area contributed by atoms with Gasteiger partial charge in [0.15, 0.2) is 6.17 Å². The zero-order valence-electron chi connectivity index (χ0n) is 11.9. The molecular weight excluding hydrogens is 341 g/mol. The standard InChI is InChI=1S/C11H17F6O4P/c1-7(2)10(15)11(16,17)9(13,14)8(12)5-3-4-6-20-22(18,19)21-10/h7-8H,3-6H2,1-2H3,(H,18,19). The average molecular weight is 358 g/mol. The highest BCUT2D eigenvalue weighted by Crippen LogP contribution is 2.59. The van der Waals surface area contributed by atoms with E-state index in [1.807, 2.05) is 0 Å². The second-order valence-electron chi connectivity index (χ2n) is 5.35. The van der Waals surface area contributed by atoms with Gasteiger partial charge in [-0.3, -0.25) is 4.52 Å². The first-order chi connectivity index (χ1) is 9.78. The molecule has 0 aromatic rings. The van der Waals surface area contributed by atoms with Gasteiger partial charge in [0.2, 0.25) is 0 Å². The Bertz CT molecular complexity index is 446. The summed E-state index contributed by atoms with van der Waals surface area (Å²) in [5.74, 6) is -17.7. The molecule has 0 bridgehead atoms. The minimum atomic E-state index is -5.68.